The van der Waals surface area contributed by atoms with E-state index in [0.717, 1.165) is 39.4 Å². The van der Waals surface area contributed by atoms with E-state index < -0.39 is 0 Å². The molecule has 3 aromatic heterocycles. The van der Waals surface area contributed by atoms with Gasteiger partial charge in [0.25, 0.3) is 0 Å². The van der Waals surface area contributed by atoms with Gasteiger partial charge in [0.15, 0.2) is 5.82 Å². The van der Waals surface area contributed by atoms with Crippen molar-refractivity contribution in [1.29, 1.82) is 0 Å². The summed E-state index contributed by atoms with van der Waals surface area (Å²) in [6.07, 6.45) is 4.45. The van der Waals surface area contributed by atoms with Crippen molar-refractivity contribution in [2.75, 3.05) is 10.6 Å². The molecule has 0 aliphatic carbocycles. The second-order valence-corrected chi connectivity index (χ2v) is 7.42. The Balaban J connectivity index is 1.74. The van der Waals surface area contributed by atoms with Crippen LogP contribution in [0.5, 0.6) is 0 Å². The number of hydrogen-bond donors (Lipinski definition) is 2. The second-order valence-electron chi connectivity index (χ2n) is 6.31. The van der Waals surface area contributed by atoms with E-state index in [2.05, 4.69) is 28.6 Å². The average Bonchev–Trinajstić information content (AvgIpc) is 3.13. The predicted octanol–water partition coefficient (Wildman–Crippen LogP) is 5.02. The normalized spacial score (nSPS) is 10.8. The molecule has 0 aliphatic rings. The number of nitrogens with zero attached hydrogens (tertiary/aromatic N) is 3. The number of anilines is 3. The smallest absolute Gasteiger partial charge is 0.221 e. The third-order valence-corrected chi connectivity index (χ3v) is 5.35. The van der Waals surface area contributed by atoms with Crippen LogP contribution < -0.4 is 10.6 Å². The summed E-state index contributed by atoms with van der Waals surface area (Å²) in [5.41, 5.74) is 2.51. The summed E-state index contributed by atoms with van der Waals surface area (Å²) in [5.74, 6) is 1.30. The average molecular weight is 389 g/mol. The van der Waals surface area contributed by atoms with Gasteiger partial charge in [0.05, 0.1) is 5.39 Å². The highest BCUT2D eigenvalue weighted by Crippen LogP contribution is 2.33. The molecule has 1 amide bonds. The molecule has 0 unspecified atom stereocenters. The third-order valence-electron chi connectivity index (χ3n) is 4.18. The Bertz CT molecular complexity index is 1120. The zero-order valence-corrected chi connectivity index (χ0v) is 16.4. The van der Waals surface area contributed by atoms with Gasteiger partial charge < -0.3 is 10.6 Å². The Morgan fingerprint density at radius 3 is 2.57 bits per heavy atom. The lowest BCUT2D eigenvalue weighted by Crippen LogP contribution is -2.05. The highest BCUT2D eigenvalue weighted by molar-refractivity contribution is 7.18. The summed E-state index contributed by atoms with van der Waals surface area (Å²) in [6.45, 7) is 3.62. The minimum absolute atomic E-state index is 0.0929. The first kappa shape index (κ1) is 18.1. The molecule has 4 rings (SSSR count). The minimum atomic E-state index is -0.0929. The quantitative estimate of drug-likeness (QED) is 0.501. The van der Waals surface area contributed by atoms with E-state index in [1.165, 1.54) is 11.8 Å². The molecule has 0 radical (unpaired) electrons. The molecule has 0 bridgehead atoms. The minimum Gasteiger partial charge on any atom is -0.340 e. The number of hydrogen-bond acceptors (Lipinski definition) is 6. The van der Waals surface area contributed by atoms with Crippen LogP contribution in [0.15, 0.2) is 54.9 Å². The first-order valence-electron chi connectivity index (χ1n) is 8.98. The Morgan fingerprint density at radius 1 is 1.11 bits per heavy atom. The maximum atomic E-state index is 11.2. The molecule has 1 aromatic carbocycles. The standard InChI is InChI=1S/C21H19N5OS/c1-3-17-11-18-20(24-16-8-6-15(7-9-16)23-13(2)27)25-19(26-21(18)28-17)14-5-4-10-22-12-14/h4-12H,3H2,1-2H3,(H,23,27)(H,24,25,26). The van der Waals surface area contributed by atoms with Crippen molar-refractivity contribution < 1.29 is 4.79 Å². The predicted molar refractivity (Wildman–Crippen MR) is 114 cm³/mol. The molecule has 0 fully saturated rings. The third kappa shape index (κ3) is 3.84. The SMILES string of the molecule is CCc1cc2c(Nc3ccc(NC(C)=O)cc3)nc(-c3cccnc3)nc2s1. The Labute approximate surface area is 166 Å². The fourth-order valence-corrected chi connectivity index (χ4v) is 3.81. The summed E-state index contributed by atoms with van der Waals surface area (Å²) in [6, 6.07) is 13.5. The summed E-state index contributed by atoms with van der Waals surface area (Å²) in [7, 11) is 0. The fraction of sp³-hybridized carbons (Fsp3) is 0.143. The molecule has 0 atom stereocenters. The summed E-state index contributed by atoms with van der Waals surface area (Å²) in [4.78, 5) is 27.1. The number of carbonyl (C=O) groups excluding carboxylic acids is 1. The van der Waals surface area contributed by atoms with Crippen LogP contribution in [0.2, 0.25) is 0 Å². The first-order chi connectivity index (χ1) is 13.6. The van der Waals surface area contributed by atoms with Gasteiger partial charge in [-0.15, -0.1) is 11.3 Å². The van der Waals surface area contributed by atoms with Gasteiger partial charge in [-0.2, -0.15) is 0 Å². The van der Waals surface area contributed by atoms with Gasteiger partial charge in [-0.3, -0.25) is 9.78 Å². The van der Waals surface area contributed by atoms with Gasteiger partial charge in [0.1, 0.15) is 10.6 Å². The number of amides is 1. The Hall–Kier alpha value is -3.32. The van der Waals surface area contributed by atoms with Crippen molar-refractivity contribution in [1.82, 2.24) is 15.0 Å². The molecule has 140 valence electrons. The molecule has 4 aromatic rings. The van der Waals surface area contributed by atoms with Gasteiger partial charge in [-0.25, -0.2) is 9.97 Å². The van der Waals surface area contributed by atoms with Crippen LogP contribution in [0, 0.1) is 0 Å². The van der Waals surface area contributed by atoms with Crippen LogP contribution in [0.3, 0.4) is 0 Å². The van der Waals surface area contributed by atoms with Crippen LogP contribution in [0.25, 0.3) is 21.6 Å². The molecule has 0 spiro atoms. The number of aryl methyl sites for hydroxylation is 1. The second kappa shape index (κ2) is 7.74. The molecule has 0 saturated carbocycles. The number of aromatic nitrogens is 3. The maximum Gasteiger partial charge on any atom is 0.221 e. The lowest BCUT2D eigenvalue weighted by atomic mass is 10.2. The van der Waals surface area contributed by atoms with Crippen molar-refractivity contribution in [2.24, 2.45) is 0 Å². The summed E-state index contributed by atoms with van der Waals surface area (Å²) in [5, 5.41) is 7.17. The van der Waals surface area contributed by atoms with Crippen LogP contribution in [-0.2, 0) is 11.2 Å². The van der Waals surface area contributed by atoms with Crippen LogP contribution in [0.4, 0.5) is 17.2 Å². The van der Waals surface area contributed by atoms with E-state index in [9.17, 15) is 4.79 Å². The number of fused-ring (bicyclic) bond motifs is 1. The molecular weight excluding hydrogens is 370 g/mol. The molecule has 3 heterocycles. The van der Waals surface area contributed by atoms with Crippen LogP contribution >= 0.6 is 11.3 Å². The molecule has 0 aliphatic heterocycles. The Morgan fingerprint density at radius 2 is 1.89 bits per heavy atom. The summed E-state index contributed by atoms with van der Waals surface area (Å²) < 4.78 is 0. The summed E-state index contributed by atoms with van der Waals surface area (Å²) >= 11 is 1.68. The zero-order valence-electron chi connectivity index (χ0n) is 15.6. The van der Waals surface area contributed by atoms with E-state index in [0.29, 0.717) is 5.82 Å². The number of thiophene rings is 1. The largest absolute Gasteiger partial charge is 0.340 e. The molecule has 6 nitrogen and oxygen atoms in total. The molecule has 7 heteroatoms. The topological polar surface area (TPSA) is 79.8 Å². The Kier molecular flexibility index (Phi) is 4.99. The van der Waals surface area contributed by atoms with Crippen LogP contribution in [-0.4, -0.2) is 20.9 Å². The van der Waals surface area contributed by atoms with Gasteiger partial charge in [0, 0.05) is 41.1 Å². The zero-order chi connectivity index (χ0) is 19.5. The van der Waals surface area contributed by atoms with Crippen molar-refractivity contribution in [3.8, 4) is 11.4 Å². The van der Waals surface area contributed by atoms with Crippen molar-refractivity contribution in [3.05, 3.63) is 59.7 Å². The maximum absolute atomic E-state index is 11.2. The van der Waals surface area contributed by atoms with Gasteiger partial charge in [0.2, 0.25) is 5.91 Å². The fourth-order valence-electron chi connectivity index (χ4n) is 2.84. The number of pyridine rings is 1. The van der Waals surface area contributed by atoms with E-state index in [4.69, 9.17) is 9.97 Å². The van der Waals surface area contributed by atoms with Crippen molar-refractivity contribution >= 4 is 44.7 Å². The number of carbonyl (C=O) groups is 1. The van der Waals surface area contributed by atoms with Crippen LogP contribution in [0.1, 0.15) is 18.7 Å². The number of nitrogens with one attached hydrogen (secondary N) is 2. The van der Waals surface area contributed by atoms with E-state index in [1.807, 2.05) is 36.4 Å². The monoisotopic (exact) mass is 389 g/mol. The van der Waals surface area contributed by atoms with Crippen molar-refractivity contribution in [2.45, 2.75) is 20.3 Å². The molecule has 0 saturated heterocycles. The van der Waals surface area contributed by atoms with Crippen molar-refractivity contribution in [3.63, 3.8) is 0 Å². The van der Waals surface area contributed by atoms with E-state index in [1.54, 1.807) is 23.7 Å². The highest BCUT2D eigenvalue weighted by atomic mass is 32.1. The lowest BCUT2D eigenvalue weighted by Gasteiger charge is -2.10. The first-order valence-corrected chi connectivity index (χ1v) is 9.79. The number of benzene rings is 1. The lowest BCUT2D eigenvalue weighted by molar-refractivity contribution is -0.114. The molecule has 2 N–H and O–H groups in total. The van der Waals surface area contributed by atoms with Gasteiger partial charge in [-0.1, -0.05) is 6.92 Å². The molecular formula is C21H19N5OS. The highest BCUT2D eigenvalue weighted by Gasteiger charge is 2.13. The molecule has 28 heavy (non-hydrogen) atoms. The van der Waals surface area contributed by atoms with Gasteiger partial charge in [-0.05, 0) is 48.9 Å². The number of rotatable bonds is 5. The van der Waals surface area contributed by atoms with Gasteiger partial charge >= 0.3 is 0 Å². The van der Waals surface area contributed by atoms with E-state index in [-0.39, 0.29) is 5.91 Å². The van der Waals surface area contributed by atoms with E-state index >= 15 is 0 Å².